The highest BCUT2D eigenvalue weighted by molar-refractivity contribution is 6.05. The molecular weight excluding hydrogens is 402 g/mol. The molecule has 0 spiro atoms. The Bertz CT molecular complexity index is 1070. The molecule has 32 heavy (non-hydrogen) atoms. The molecule has 2 fully saturated rings. The van der Waals surface area contributed by atoms with Crippen LogP contribution >= 0.6 is 0 Å². The molecule has 0 aromatic heterocycles. The van der Waals surface area contributed by atoms with Crippen molar-refractivity contribution >= 4 is 17.7 Å². The van der Waals surface area contributed by atoms with Crippen molar-refractivity contribution < 1.29 is 14.4 Å². The van der Waals surface area contributed by atoms with Crippen LogP contribution in [0.3, 0.4) is 0 Å². The summed E-state index contributed by atoms with van der Waals surface area (Å²) in [6.45, 7) is 5.71. The highest BCUT2D eigenvalue weighted by Crippen LogP contribution is 2.34. The van der Waals surface area contributed by atoms with Gasteiger partial charge in [-0.2, -0.15) is 0 Å². The van der Waals surface area contributed by atoms with Crippen molar-refractivity contribution in [3.05, 3.63) is 70.3 Å². The smallest absolute Gasteiger partial charge is 0.255 e. The van der Waals surface area contributed by atoms with E-state index >= 15 is 0 Å². The SMILES string of the molecule is Cc1cccc(CN2CCC(c3ccc4c(c3)CN(C3CCC(=O)NC3=O)C4=O)CC2)c1. The lowest BCUT2D eigenvalue weighted by molar-refractivity contribution is -0.136. The molecule has 6 heteroatoms. The third-order valence-electron chi connectivity index (χ3n) is 7.10. The van der Waals surface area contributed by atoms with Crippen LogP contribution in [0.5, 0.6) is 0 Å². The third kappa shape index (κ3) is 4.07. The van der Waals surface area contributed by atoms with Gasteiger partial charge < -0.3 is 4.90 Å². The molecule has 0 radical (unpaired) electrons. The van der Waals surface area contributed by atoms with E-state index < -0.39 is 6.04 Å². The molecule has 3 aliphatic heterocycles. The number of hydrogen-bond donors (Lipinski definition) is 1. The van der Waals surface area contributed by atoms with Crippen LogP contribution < -0.4 is 5.32 Å². The van der Waals surface area contributed by atoms with E-state index in [1.54, 1.807) is 4.90 Å². The van der Waals surface area contributed by atoms with Crippen molar-refractivity contribution in [2.75, 3.05) is 13.1 Å². The van der Waals surface area contributed by atoms with Gasteiger partial charge in [0.2, 0.25) is 11.8 Å². The maximum Gasteiger partial charge on any atom is 0.255 e. The first-order chi connectivity index (χ1) is 15.5. The monoisotopic (exact) mass is 431 g/mol. The number of rotatable bonds is 4. The first-order valence-electron chi connectivity index (χ1n) is 11.5. The van der Waals surface area contributed by atoms with Gasteiger partial charge in [0.25, 0.3) is 5.91 Å². The number of fused-ring (bicyclic) bond motifs is 1. The fourth-order valence-corrected chi connectivity index (χ4v) is 5.34. The van der Waals surface area contributed by atoms with Crippen molar-refractivity contribution in [1.82, 2.24) is 15.1 Å². The zero-order valence-electron chi connectivity index (χ0n) is 18.5. The van der Waals surface area contributed by atoms with Crippen LogP contribution in [0.4, 0.5) is 0 Å². The Labute approximate surface area is 188 Å². The summed E-state index contributed by atoms with van der Waals surface area (Å²) in [6, 6.07) is 14.4. The number of nitrogens with zero attached hydrogens (tertiary/aromatic N) is 2. The van der Waals surface area contributed by atoms with E-state index in [1.165, 1.54) is 16.7 Å². The number of nitrogens with one attached hydrogen (secondary N) is 1. The van der Waals surface area contributed by atoms with Gasteiger partial charge in [-0.25, -0.2) is 0 Å². The highest BCUT2D eigenvalue weighted by atomic mass is 16.2. The Morgan fingerprint density at radius 3 is 2.56 bits per heavy atom. The molecule has 2 saturated heterocycles. The summed E-state index contributed by atoms with van der Waals surface area (Å²) < 4.78 is 0. The van der Waals surface area contributed by atoms with E-state index in [4.69, 9.17) is 0 Å². The molecule has 0 bridgehead atoms. The normalized spacial score (nSPS) is 22.2. The molecule has 3 aliphatic rings. The van der Waals surface area contributed by atoms with E-state index in [2.05, 4.69) is 53.5 Å². The van der Waals surface area contributed by atoms with Gasteiger partial charge in [-0.3, -0.25) is 24.6 Å². The number of aryl methyl sites for hydroxylation is 1. The Morgan fingerprint density at radius 1 is 1.00 bits per heavy atom. The van der Waals surface area contributed by atoms with Crippen molar-refractivity contribution in [2.24, 2.45) is 0 Å². The number of piperidine rings is 2. The van der Waals surface area contributed by atoms with E-state index in [0.29, 0.717) is 24.4 Å². The van der Waals surface area contributed by atoms with E-state index in [0.717, 1.165) is 38.0 Å². The van der Waals surface area contributed by atoms with Crippen molar-refractivity contribution in [2.45, 2.75) is 57.7 Å². The summed E-state index contributed by atoms with van der Waals surface area (Å²) in [6.07, 6.45) is 2.89. The van der Waals surface area contributed by atoms with Crippen LogP contribution in [0.15, 0.2) is 42.5 Å². The number of carbonyl (C=O) groups is 3. The molecule has 5 rings (SSSR count). The lowest BCUT2D eigenvalue weighted by atomic mass is 9.87. The molecule has 3 heterocycles. The van der Waals surface area contributed by atoms with Crippen LogP contribution in [0.25, 0.3) is 0 Å². The minimum Gasteiger partial charge on any atom is -0.322 e. The zero-order chi connectivity index (χ0) is 22.2. The lowest BCUT2D eigenvalue weighted by Gasteiger charge is -2.32. The molecule has 0 saturated carbocycles. The van der Waals surface area contributed by atoms with Crippen molar-refractivity contribution in [1.29, 1.82) is 0 Å². The van der Waals surface area contributed by atoms with Gasteiger partial charge in [-0.15, -0.1) is 0 Å². The lowest BCUT2D eigenvalue weighted by Crippen LogP contribution is -2.52. The summed E-state index contributed by atoms with van der Waals surface area (Å²) in [4.78, 5) is 40.8. The summed E-state index contributed by atoms with van der Waals surface area (Å²) >= 11 is 0. The maximum absolute atomic E-state index is 12.9. The van der Waals surface area contributed by atoms with Gasteiger partial charge in [0.15, 0.2) is 0 Å². The largest absolute Gasteiger partial charge is 0.322 e. The van der Waals surface area contributed by atoms with Gasteiger partial charge in [-0.05, 0) is 68.0 Å². The Morgan fingerprint density at radius 2 is 1.81 bits per heavy atom. The molecule has 0 aliphatic carbocycles. The predicted octanol–water partition coefficient (Wildman–Crippen LogP) is 3.14. The second-order valence-electron chi connectivity index (χ2n) is 9.36. The van der Waals surface area contributed by atoms with E-state index in [9.17, 15) is 14.4 Å². The van der Waals surface area contributed by atoms with Crippen molar-refractivity contribution in [3.63, 3.8) is 0 Å². The van der Waals surface area contributed by atoms with Crippen LogP contribution in [-0.2, 0) is 22.7 Å². The predicted molar refractivity (Wildman–Crippen MR) is 121 cm³/mol. The van der Waals surface area contributed by atoms with Gasteiger partial charge in [0, 0.05) is 25.1 Å². The minimum absolute atomic E-state index is 0.103. The first kappa shape index (κ1) is 20.9. The standard InChI is InChI=1S/C26H29N3O3/c1-17-3-2-4-18(13-17)15-28-11-9-19(10-12-28)20-5-6-22-21(14-20)16-29(26(22)32)23-7-8-24(30)27-25(23)31/h2-6,13-14,19,23H,7-12,15-16H2,1H3,(H,27,30,31). The molecule has 166 valence electrons. The Kier molecular flexibility index (Phi) is 5.55. The first-order valence-corrected chi connectivity index (χ1v) is 11.5. The van der Waals surface area contributed by atoms with Crippen LogP contribution in [0.2, 0.25) is 0 Å². The molecule has 3 amide bonds. The molecule has 1 unspecified atom stereocenters. The van der Waals surface area contributed by atoms with Gasteiger partial charge >= 0.3 is 0 Å². The fraction of sp³-hybridized carbons (Fsp3) is 0.423. The molecule has 1 N–H and O–H groups in total. The summed E-state index contributed by atoms with van der Waals surface area (Å²) in [5.74, 6) is -0.224. The van der Waals surface area contributed by atoms with E-state index in [-0.39, 0.29) is 24.1 Å². The van der Waals surface area contributed by atoms with Crippen LogP contribution in [0.1, 0.15) is 64.2 Å². The fourth-order valence-electron chi connectivity index (χ4n) is 5.34. The van der Waals surface area contributed by atoms with Crippen LogP contribution in [-0.4, -0.2) is 46.7 Å². The topological polar surface area (TPSA) is 69.7 Å². The average Bonchev–Trinajstić information content (AvgIpc) is 3.10. The second-order valence-corrected chi connectivity index (χ2v) is 9.36. The van der Waals surface area contributed by atoms with Gasteiger partial charge in [0.05, 0.1) is 0 Å². The summed E-state index contributed by atoms with van der Waals surface area (Å²) in [7, 11) is 0. The molecule has 2 aromatic rings. The van der Waals surface area contributed by atoms with Crippen molar-refractivity contribution in [3.8, 4) is 0 Å². The Balaban J connectivity index is 1.23. The molecular formula is C26H29N3O3. The maximum atomic E-state index is 12.9. The number of imide groups is 1. The van der Waals surface area contributed by atoms with E-state index in [1.807, 2.05) is 6.07 Å². The Hall–Kier alpha value is -2.99. The summed E-state index contributed by atoms with van der Waals surface area (Å²) in [5, 5.41) is 2.36. The number of amides is 3. The summed E-state index contributed by atoms with van der Waals surface area (Å²) in [5.41, 5.74) is 5.65. The minimum atomic E-state index is -0.555. The second kappa shape index (κ2) is 8.51. The van der Waals surface area contributed by atoms with Crippen LogP contribution in [0, 0.1) is 6.92 Å². The quantitative estimate of drug-likeness (QED) is 0.755. The molecule has 1 atom stereocenters. The zero-order valence-corrected chi connectivity index (χ0v) is 18.5. The number of hydrogen-bond acceptors (Lipinski definition) is 4. The number of carbonyl (C=O) groups excluding carboxylic acids is 3. The highest BCUT2D eigenvalue weighted by Gasteiger charge is 2.39. The molecule has 2 aromatic carbocycles. The van der Waals surface area contributed by atoms with Gasteiger partial charge in [-0.1, -0.05) is 42.0 Å². The van der Waals surface area contributed by atoms with Gasteiger partial charge in [0.1, 0.15) is 6.04 Å². The average molecular weight is 432 g/mol. The molecule has 6 nitrogen and oxygen atoms in total. The third-order valence-corrected chi connectivity index (χ3v) is 7.10. The number of likely N-dealkylation sites (tertiary alicyclic amines) is 1. The number of benzene rings is 2.